The molecule has 113 heavy (non-hydrogen) atoms. The van der Waals surface area contributed by atoms with E-state index in [9.17, 15) is 35.9 Å². The number of fused-ring (bicyclic) bond motifs is 4. The zero-order valence-electron chi connectivity index (χ0n) is 59.8. The Bertz CT molecular complexity index is 5170. The van der Waals surface area contributed by atoms with Gasteiger partial charge in [0.05, 0.1) is 92.5 Å². The number of imidazole rings is 3. The monoisotopic (exact) mass is 1550 g/mol. The minimum Gasteiger partial charge on any atom is -0.467 e. The summed E-state index contributed by atoms with van der Waals surface area (Å²) in [5.74, 6) is -1.26. The first kappa shape index (κ1) is 81.4. The molecule has 6 aromatic heterocycles. The summed E-state index contributed by atoms with van der Waals surface area (Å²) < 4.78 is 114. The fourth-order valence-electron chi connectivity index (χ4n) is 12.7. The zero-order chi connectivity index (χ0) is 76.4. The van der Waals surface area contributed by atoms with Gasteiger partial charge in [0.2, 0.25) is 53.5 Å². The molecule has 3 N–H and O–H groups in total. The van der Waals surface area contributed by atoms with Gasteiger partial charge in [0.15, 0.2) is 29.6 Å². The topological polar surface area (TPSA) is 296 Å². The number of carbonyl (C=O) groups excluding carboxylic acids is 2. The number of anilines is 6. The molecule has 3 saturated heterocycles. The Hall–Kier alpha value is -12.6. The second kappa shape index (κ2) is 36.5. The van der Waals surface area contributed by atoms with Crippen LogP contribution in [0.1, 0.15) is 102 Å². The van der Waals surface area contributed by atoms with Gasteiger partial charge in [0, 0.05) is 39.3 Å². The molecule has 13 aromatic rings. The SMILES string of the molecule is C.C.C.CC(C)(Nc1nc(N2CCOCC2)nc(-n2c(C(F)F)nc3ccccc32)n1)c1ccc2ccccc2c1.COC(=O)[C@@H](Nc1nc(N2CCOCC2)nc(-n2c(C(F)F)nc3ccccc32)n1)c1ccccc1.COC(=O)[C@H](Nc1nc(N2CCOCC2)nc(-n2c(C(F)F)nc3ccccc32)n1)c1ccccc1. The molecular formula is C79H85F6N21O7. The number of ether oxygens (including phenoxy) is 5. The first-order valence-electron chi connectivity index (χ1n) is 35.1. The zero-order valence-corrected chi connectivity index (χ0v) is 59.8. The van der Waals surface area contributed by atoms with Crippen LogP contribution in [0.3, 0.4) is 0 Å². The quantitative estimate of drug-likeness (QED) is 0.0472. The average Bonchev–Trinajstić information content (AvgIpc) is 1.65. The summed E-state index contributed by atoms with van der Waals surface area (Å²) in [4.78, 5) is 84.3. The second-order valence-electron chi connectivity index (χ2n) is 25.7. The normalized spacial score (nSPS) is 14.3. The molecule has 0 radical (unpaired) electrons. The first-order valence-corrected chi connectivity index (χ1v) is 35.1. The lowest BCUT2D eigenvalue weighted by Gasteiger charge is -2.30. The molecule has 0 saturated carbocycles. The van der Waals surface area contributed by atoms with Crippen molar-refractivity contribution in [2.24, 2.45) is 0 Å². The fraction of sp³-hybridized carbons (Fsp3) is 0.316. The van der Waals surface area contributed by atoms with Crippen molar-refractivity contribution in [2.75, 3.05) is 124 Å². The van der Waals surface area contributed by atoms with Crippen LogP contribution in [0, 0.1) is 0 Å². The summed E-state index contributed by atoms with van der Waals surface area (Å²) in [6, 6.07) is 50.9. The molecule has 0 unspecified atom stereocenters. The highest BCUT2D eigenvalue weighted by molar-refractivity contribution is 5.85. The van der Waals surface area contributed by atoms with Crippen molar-refractivity contribution in [3.63, 3.8) is 0 Å². The van der Waals surface area contributed by atoms with Gasteiger partial charge in [-0.1, -0.05) is 156 Å². The average molecular weight is 1550 g/mol. The van der Waals surface area contributed by atoms with E-state index in [4.69, 9.17) is 28.7 Å². The number of aromatic nitrogens is 15. The van der Waals surface area contributed by atoms with E-state index in [2.05, 4.69) is 101 Å². The molecule has 0 amide bonds. The van der Waals surface area contributed by atoms with Crippen LogP contribution in [0.5, 0.6) is 0 Å². The summed E-state index contributed by atoms with van der Waals surface area (Å²) in [6.07, 6.45) is -8.55. The maximum Gasteiger partial charge on any atom is 0.333 e. The predicted molar refractivity (Wildman–Crippen MR) is 418 cm³/mol. The number of rotatable bonds is 20. The molecule has 34 heteroatoms. The molecular weight excluding hydrogens is 1470 g/mol. The smallest absolute Gasteiger partial charge is 0.333 e. The van der Waals surface area contributed by atoms with E-state index in [1.165, 1.54) is 27.9 Å². The molecule has 16 rings (SSSR count). The van der Waals surface area contributed by atoms with Gasteiger partial charge in [-0.3, -0.25) is 13.7 Å². The Morgan fingerprint density at radius 3 is 1.04 bits per heavy atom. The van der Waals surface area contributed by atoms with Gasteiger partial charge in [-0.05, 0) is 83.8 Å². The van der Waals surface area contributed by atoms with Crippen molar-refractivity contribution in [1.29, 1.82) is 0 Å². The summed E-state index contributed by atoms with van der Waals surface area (Å²) >= 11 is 0. The van der Waals surface area contributed by atoms with Crippen LogP contribution in [0.4, 0.5) is 62.0 Å². The van der Waals surface area contributed by atoms with Gasteiger partial charge >= 0.3 is 11.9 Å². The third kappa shape index (κ3) is 18.3. The number of hydrogen-bond donors (Lipinski definition) is 3. The van der Waals surface area contributed by atoms with Gasteiger partial charge in [0.1, 0.15) is 0 Å². The van der Waals surface area contributed by atoms with Crippen LogP contribution in [0.2, 0.25) is 0 Å². The summed E-state index contributed by atoms with van der Waals surface area (Å²) in [5, 5.41) is 11.7. The Balaban J connectivity index is 0.000000165. The number of esters is 2. The predicted octanol–water partition coefficient (Wildman–Crippen LogP) is 14.0. The second-order valence-corrected chi connectivity index (χ2v) is 25.7. The molecule has 3 aliphatic heterocycles. The number of alkyl halides is 6. The number of benzene rings is 7. The molecule has 9 heterocycles. The van der Waals surface area contributed by atoms with E-state index in [1.807, 2.05) is 52.8 Å². The first-order chi connectivity index (χ1) is 53.5. The van der Waals surface area contributed by atoms with Crippen LogP contribution in [-0.4, -0.2) is 179 Å². The Morgan fingerprint density at radius 1 is 0.381 bits per heavy atom. The fourth-order valence-corrected chi connectivity index (χ4v) is 12.7. The van der Waals surface area contributed by atoms with E-state index in [0.717, 1.165) is 16.3 Å². The number of para-hydroxylation sites is 6. The number of halogens is 6. The molecule has 28 nitrogen and oxygen atoms in total. The molecule has 3 aliphatic rings. The van der Waals surface area contributed by atoms with Crippen LogP contribution >= 0.6 is 0 Å². The molecule has 7 aromatic carbocycles. The molecule has 0 aliphatic carbocycles. The van der Waals surface area contributed by atoms with E-state index < -0.39 is 66.3 Å². The third-order valence-corrected chi connectivity index (χ3v) is 18.2. The summed E-state index contributed by atoms with van der Waals surface area (Å²) in [7, 11) is 2.56. The van der Waals surface area contributed by atoms with Gasteiger partial charge < -0.3 is 54.3 Å². The van der Waals surface area contributed by atoms with Crippen molar-refractivity contribution < 1.29 is 59.6 Å². The van der Waals surface area contributed by atoms with Crippen molar-refractivity contribution in [3.05, 3.63) is 210 Å². The molecule has 2 atom stereocenters. The standard InChI is InChI=1S/C28H27F2N7O.2C24H23F2N7O3.3CH4/c1-28(2,20-12-11-18-7-3-4-8-19(18)17-20)35-25-32-26(36-13-15-38-16-14-36)34-27(33-25)37-22-10-6-5-9-21(22)31-24(37)23(29)30;2*1-35-21(34)18(15-7-3-2-4-8-15)28-22-29-23(32-11-13-36-14-12-32)31-24(30-22)33-17-10-6-5-9-16(17)27-20(33)19(25)26;;;/h3-12,17,23H,13-16H2,1-2H3,(H,32,33,34,35);2*2-10,18-19H,11-14H2,1H3,(H,28,29,30,31);3*1H4/t;2*18-;;;/m.10.../s1. The lowest BCUT2D eigenvalue weighted by molar-refractivity contribution is -0.142. The Kier molecular flexibility index (Phi) is 26.3. The Morgan fingerprint density at radius 2 is 0.690 bits per heavy atom. The third-order valence-electron chi connectivity index (χ3n) is 18.2. The number of hydrogen-bond acceptors (Lipinski definition) is 25. The van der Waals surface area contributed by atoms with Gasteiger partial charge in [-0.25, -0.2) is 50.9 Å². The van der Waals surface area contributed by atoms with Crippen molar-refractivity contribution in [1.82, 2.24) is 73.5 Å². The van der Waals surface area contributed by atoms with E-state index >= 15 is 0 Å². The van der Waals surface area contributed by atoms with Crippen LogP contribution in [0.25, 0.3) is 61.7 Å². The van der Waals surface area contributed by atoms with Crippen LogP contribution < -0.4 is 30.7 Å². The Labute approximate surface area is 646 Å². The summed E-state index contributed by atoms with van der Waals surface area (Å²) in [5.41, 5.74) is 4.26. The van der Waals surface area contributed by atoms with E-state index in [1.54, 1.807) is 121 Å². The summed E-state index contributed by atoms with van der Waals surface area (Å²) in [6.45, 7) is 10.2. The maximum atomic E-state index is 14.1. The maximum absolute atomic E-state index is 14.1. The minimum atomic E-state index is -2.87. The van der Waals surface area contributed by atoms with Crippen molar-refractivity contribution in [2.45, 2.75) is 73.0 Å². The number of methoxy groups -OCH3 is 2. The highest BCUT2D eigenvalue weighted by Gasteiger charge is 2.32. The van der Waals surface area contributed by atoms with E-state index in [0.29, 0.717) is 129 Å². The van der Waals surface area contributed by atoms with Gasteiger partial charge in [0.25, 0.3) is 19.3 Å². The lowest BCUT2D eigenvalue weighted by Crippen LogP contribution is -2.38. The van der Waals surface area contributed by atoms with Crippen molar-refractivity contribution >= 4 is 91.5 Å². The number of nitrogens with zero attached hydrogens (tertiary/aromatic N) is 18. The van der Waals surface area contributed by atoms with Gasteiger partial charge in [-0.2, -0.15) is 44.9 Å². The number of morpholine rings is 3. The highest BCUT2D eigenvalue weighted by Crippen LogP contribution is 2.35. The van der Waals surface area contributed by atoms with Crippen LogP contribution in [-0.2, 0) is 38.8 Å². The van der Waals surface area contributed by atoms with Gasteiger partial charge in [-0.15, -0.1) is 0 Å². The minimum absolute atomic E-state index is 0. The molecule has 0 bridgehead atoms. The molecule has 3 fully saturated rings. The lowest BCUT2D eigenvalue weighted by atomic mass is 9.92. The van der Waals surface area contributed by atoms with Crippen LogP contribution in [0.15, 0.2) is 176 Å². The largest absolute Gasteiger partial charge is 0.467 e. The molecule has 590 valence electrons. The number of nitrogens with one attached hydrogen (secondary N) is 3. The highest BCUT2D eigenvalue weighted by atomic mass is 19.3. The van der Waals surface area contributed by atoms with Crippen molar-refractivity contribution in [3.8, 4) is 17.8 Å². The van der Waals surface area contributed by atoms with E-state index in [-0.39, 0.29) is 69.9 Å². The molecule has 0 spiro atoms. The number of carbonyl (C=O) groups is 2.